The van der Waals surface area contributed by atoms with Crippen molar-refractivity contribution in [2.45, 2.75) is 12.1 Å². The second-order valence-electron chi connectivity index (χ2n) is 8.85. The van der Waals surface area contributed by atoms with Gasteiger partial charge in [-0.05, 0) is 29.8 Å². The minimum Gasteiger partial charge on any atom is -0.466 e. The van der Waals surface area contributed by atoms with E-state index in [1.165, 1.54) is 12.1 Å². The maximum Gasteiger partial charge on any atom is 0.416 e. The van der Waals surface area contributed by atoms with E-state index in [9.17, 15) is 36.8 Å². The molecule has 43 heavy (non-hydrogen) atoms. The first-order valence-electron chi connectivity index (χ1n) is 12.0. The molecular formula is C29H19BrF5N3O5. The molecule has 8 nitrogen and oxygen atoms in total. The number of carbonyl (C=O) groups is 2. The fourth-order valence-corrected chi connectivity index (χ4v) is 4.92. The van der Waals surface area contributed by atoms with E-state index in [0.29, 0.717) is 5.56 Å². The number of nitrogens with zero attached hydrogens (tertiary/aromatic N) is 2. The van der Waals surface area contributed by atoms with Crippen LogP contribution in [0.5, 0.6) is 11.5 Å². The van der Waals surface area contributed by atoms with Crippen molar-refractivity contribution in [2.24, 2.45) is 5.73 Å². The molecule has 3 aromatic rings. The number of nitriles is 1. The zero-order valence-electron chi connectivity index (χ0n) is 22.1. The number of halogens is 6. The molecule has 0 saturated heterocycles. The minimum absolute atomic E-state index is 0.0596. The number of benzene rings is 3. The fraction of sp³-hybridized carbons (Fsp3) is 0.138. The number of nitrogens with two attached hydrogens (primary N) is 1. The normalized spacial score (nSPS) is 15.2. The monoisotopic (exact) mass is 663 g/mol. The summed E-state index contributed by atoms with van der Waals surface area (Å²) < 4.78 is 83.5. The maximum absolute atomic E-state index is 14.6. The van der Waals surface area contributed by atoms with E-state index in [0.717, 1.165) is 25.2 Å². The van der Waals surface area contributed by atoms with Gasteiger partial charge in [0.05, 0.1) is 48.6 Å². The second-order valence-corrected chi connectivity index (χ2v) is 9.76. The highest BCUT2D eigenvalue weighted by Gasteiger charge is 2.43. The Kier molecular flexibility index (Phi) is 8.77. The quantitative estimate of drug-likeness (QED) is 0.237. The Morgan fingerprint density at radius 3 is 2.12 bits per heavy atom. The lowest BCUT2D eigenvalue weighted by molar-refractivity contribution is -0.139. The van der Waals surface area contributed by atoms with Crippen molar-refractivity contribution in [2.75, 3.05) is 19.1 Å². The van der Waals surface area contributed by atoms with E-state index in [1.54, 1.807) is 30.3 Å². The van der Waals surface area contributed by atoms with Crippen LogP contribution in [0.15, 0.2) is 87.8 Å². The molecule has 0 fully saturated rings. The van der Waals surface area contributed by atoms with Crippen molar-refractivity contribution in [3.8, 4) is 17.6 Å². The van der Waals surface area contributed by atoms with E-state index in [-0.39, 0.29) is 45.0 Å². The number of rotatable bonds is 6. The zero-order valence-corrected chi connectivity index (χ0v) is 23.7. The Balaban J connectivity index is 1.94. The van der Waals surface area contributed by atoms with Crippen LogP contribution in [-0.2, 0) is 25.2 Å². The van der Waals surface area contributed by atoms with Crippen molar-refractivity contribution in [1.82, 2.24) is 0 Å². The third-order valence-corrected chi connectivity index (χ3v) is 6.73. The fourth-order valence-electron chi connectivity index (χ4n) is 4.46. The first-order chi connectivity index (χ1) is 20.3. The van der Waals surface area contributed by atoms with Gasteiger partial charge in [-0.2, -0.15) is 18.4 Å². The predicted molar refractivity (Wildman–Crippen MR) is 145 cm³/mol. The van der Waals surface area contributed by atoms with Crippen molar-refractivity contribution < 1.29 is 45.8 Å². The number of alkyl halides is 3. The number of anilines is 1. The van der Waals surface area contributed by atoms with Gasteiger partial charge >= 0.3 is 18.1 Å². The summed E-state index contributed by atoms with van der Waals surface area (Å²) in [5.74, 6) is -8.22. The van der Waals surface area contributed by atoms with E-state index >= 15 is 0 Å². The van der Waals surface area contributed by atoms with E-state index in [2.05, 4.69) is 15.9 Å². The Morgan fingerprint density at radius 1 is 0.977 bits per heavy atom. The van der Waals surface area contributed by atoms with Gasteiger partial charge in [0, 0.05) is 10.5 Å². The van der Waals surface area contributed by atoms with Crippen LogP contribution in [0.1, 0.15) is 17.0 Å². The van der Waals surface area contributed by atoms with Gasteiger partial charge in [-0.3, -0.25) is 4.90 Å². The van der Waals surface area contributed by atoms with Gasteiger partial charge < -0.3 is 19.9 Å². The summed E-state index contributed by atoms with van der Waals surface area (Å²) in [4.78, 5) is 27.4. The molecule has 0 aromatic heterocycles. The average Bonchev–Trinajstić information content (AvgIpc) is 2.97. The van der Waals surface area contributed by atoms with Crippen molar-refractivity contribution in [3.05, 3.63) is 111 Å². The molecule has 0 radical (unpaired) electrons. The molecule has 0 amide bonds. The van der Waals surface area contributed by atoms with Gasteiger partial charge in [-0.25, -0.2) is 18.4 Å². The predicted octanol–water partition coefficient (Wildman–Crippen LogP) is 6.44. The molecule has 1 atom stereocenters. The van der Waals surface area contributed by atoms with Crippen LogP contribution in [0.25, 0.3) is 0 Å². The number of methoxy groups -OCH3 is 2. The molecule has 222 valence electrons. The Morgan fingerprint density at radius 2 is 1.58 bits per heavy atom. The molecule has 4 rings (SSSR count). The molecule has 3 aromatic carbocycles. The van der Waals surface area contributed by atoms with Gasteiger partial charge in [0.2, 0.25) is 0 Å². The first kappa shape index (κ1) is 31.0. The molecule has 0 bridgehead atoms. The van der Waals surface area contributed by atoms with E-state index < -0.39 is 52.7 Å². The van der Waals surface area contributed by atoms with E-state index in [4.69, 9.17) is 19.9 Å². The molecule has 0 saturated carbocycles. The summed E-state index contributed by atoms with van der Waals surface area (Å²) in [6.45, 7) is 0. The van der Waals surface area contributed by atoms with Gasteiger partial charge in [0.25, 0.3) is 0 Å². The van der Waals surface area contributed by atoms with Crippen molar-refractivity contribution >= 4 is 33.6 Å². The molecule has 14 heteroatoms. The Hall–Kier alpha value is -4.90. The summed E-state index contributed by atoms with van der Waals surface area (Å²) >= 11 is 3.21. The number of allylic oxidation sites excluding steroid dienone is 1. The number of esters is 2. The van der Waals surface area contributed by atoms with E-state index in [1.807, 2.05) is 6.07 Å². The largest absolute Gasteiger partial charge is 0.466 e. The summed E-state index contributed by atoms with van der Waals surface area (Å²) in [5.41, 5.74) is 4.37. The molecule has 0 aliphatic carbocycles. The molecule has 0 spiro atoms. The number of carbonyl (C=O) groups excluding carboxylic acids is 2. The molecule has 2 N–H and O–H groups in total. The van der Waals surface area contributed by atoms with Gasteiger partial charge in [0.1, 0.15) is 17.3 Å². The third kappa shape index (κ3) is 6.02. The second kappa shape index (κ2) is 12.1. The highest BCUT2D eigenvalue weighted by molar-refractivity contribution is 9.10. The van der Waals surface area contributed by atoms with Crippen LogP contribution < -0.4 is 15.4 Å². The molecule has 1 unspecified atom stereocenters. The van der Waals surface area contributed by atoms with Gasteiger partial charge in [0.15, 0.2) is 17.4 Å². The van der Waals surface area contributed by atoms with Crippen LogP contribution >= 0.6 is 15.9 Å². The Bertz CT molecular complexity index is 1690. The Labute approximate surface area is 249 Å². The molecule has 1 aliphatic heterocycles. The minimum atomic E-state index is -5.01. The summed E-state index contributed by atoms with van der Waals surface area (Å²) in [5, 5.41) is 10.2. The molecule has 1 aliphatic rings. The van der Waals surface area contributed by atoms with Crippen LogP contribution in [0.3, 0.4) is 0 Å². The maximum atomic E-state index is 14.6. The highest BCUT2D eigenvalue weighted by Crippen LogP contribution is 2.45. The first-order valence-corrected chi connectivity index (χ1v) is 12.8. The van der Waals surface area contributed by atoms with Crippen LogP contribution in [-0.4, -0.2) is 26.2 Å². The lowest BCUT2D eigenvalue weighted by atomic mass is 9.81. The molecular weight excluding hydrogens is 645 g/mol. The highest BCUT2D eigenvalue weighted by atomic mass is 79.9. The average molecular weight is 664 g/mol. The SMILES string of the molecule is COC(=O)C1=C(C(=O)OC)N(c2cc(Br)cc(Oc3c(F)cc(C(F)(F)F)cc3F)c2)C(N)=C(C#N)C1c1ccccc1. The standard InChI is InChI=1S/C29H19BrF5N3O5/c1-41-27(39)23-22(14-6-4-3-5-7-14)19(13-36)26(37)38(24(23)28(40)42-2)17-10-16(30)11-18(12-17)43-25-20(31)8-15(9-21(25)32)29(33,34)35/h3-12,22H,37H2,1-2H3. The third-order valence-electron chi connectivity index (χ3n) is 6.27. The van der Waals surface area contributed by atoms with Crippen LogP contribution in [0.4, 0.5) is 27.6 Å². The summed E-state index contributed by atoms with van der Waals surface area (Å²) in [7, 11) is 2.12. The van der Waals surface area contributed by atoms with Gasteiger partial charge in [-0.1, -0.05) is 46.3 Å². The van der Waals surface area contributed by atoms with Crippen LogP contribution in [0, 0.1) is 23.0 Å². The molecule has 1 heterocycles. The van der Waals surface area contributed by atoms with Crippen molar-refractivity contribution in [1.29, 1.82) is 5.26 Å². The zero-order chi connectivity index (χ0) is 31.6. The number of hydrogen-bond donors (Lipinski definition) is 1. The lowest BCUT2D eigenvalue weighted by Gasteiger charge is -2.36. The van der Waals surface area contributed by atoms with Gasteiger partial charge in [-0.15, -0.1) is 0 Å². The number of hydrogen-bond acceptors (Lipinski definition) is 8. The summed E-state index contributed by atoms with van der Waals surface area (Å²) in [6.07, 6.45) is -5.01. The number of ether oxygens (including phenoxy) is 3. The summed E-state index contributed by atoms with van der Waals surface area (Å²) in [6, 6.07) is 14.1. The smallest absolute Gasteiger partial charge is 0.416 e. The topological polar surface area (TPSA) is 115 Å². The van der Waals surface area contributed by atoms with Crippen LogP contribution in [0.2, 0.25) is 0 Å². The van der Waals surface area contributed by atoms with Crippen molar-refractivity contribution in [3.63, 3.8) is 0 Å². The lowest BCUT2D eigenvalue weighted by Crippen LogP contribution is -2.40.